The lowest BCUT2D eigenvalue weighted by atomic mass is 10.2. The minimum atomic E-state index is -0.487. The summed E-state index contributed by atoms with van der Waals surface area (Å²) >= 11 is 0. The highest BCUT2D eigenvalue weighted by Crippen LogP contribution is 2.46. The first kappa shape index (κ1) is 13.7. The van der Waals surface area contributed by atoms with E-state index in [1.54, 1.807) is 11.7 Å². The fourth-order valence-corrected chi connectivity index (χ4v) is 2.82. The predicted molar refractivity (Wildman–Crippen MR) is 84.4 cm³/mol. The summed E-state index contributed by atoms with van der Waals surface area (Å²) in [6, 6.07) is 1.82. The third-order valence-corrected chi connectivity index (χ3v) is 4.37. The number of rotatable bonds is 3. The van der Waals surface area contributed by atoms with Crippen LogP contribution in [0.3, 0.4) is 0 Å². The van der Waals surface area contributed by atoms with Crippen LogP contribution in [0.5, 0.6) is 0 Å². The van der Waals surface area contributed by atoms with Gasteiger partial charge in [0, 0.05) is 30.9 Å². The Morgan fingerprint density at radius 2 is 2.26 bits per heavy atom. The predicted octanol–water partition coefficient (Wildman–Crippen LogP) is 1.36. The molecular weight excluding hydrogens is 296 g/mol. The average Bonchev–Trinajstić information content (AvgIpc) is 2.93. The number of hydrogen-bond donors (Lipinski definition) is 3. The Kier molecular flexibility index (Phi) is 2.87. The third kappa shape index (κ3) is 2.23. The molecule has 8 nitrogen and oxygen atoms in total. The molecule has 1 aliphatic carbocycles. The Labute approximate surface area is 130 Å². The Hall–Kier alpha value is -2.90. The Bertz CT molecular complexity index is 966. The molecule has 0 radical (unpaired) electrons. The molecule has 0 aliphatic heterocycles. The molecule has 1 saturated carbocycles. The number of pyridine rings is 1. The first-order valence-electron chi connectivity index (χ1n) is 7.44. The fraction of sp³-hybridized carbons (Fsp3) is 0.333. The van der Waals surface area contributed by atoms with Crippen LogP contribution in [0.1, 0.15) is 35.3 Å². The zero-order chi connectivity index (χ0) is 16.1. The van der Waals surface area contributed by atoms with Gasteiger partial charge in [-0.1, -0.05) is 6.92 Å². The molecule has 0 aromatic carbocycles. The topological polar surface area (TPSA) is 108 Å². The van der Waals surface area contributed by atoms with Gasteiger partial charge in [0.05, 0.1) is 11.6 Å². The lowest BCUT2D eigenvalue weighted by Gasteiger charge is -2.02. The number of amides is 1. The van der Waals surface area contributed by atoms with Crippen molar-refractivity contribution in [2.75, 3.05) is 5.32 Å². The molecule has 0 spiro atoms. The number of aromatic amines is 2. The number of anilines is 1. The van der Waals surface area contributed by atoms with E-state index in [0.29, 0.717) is 28.7 Å². The lowest BCUT2D eigenvalue weighted by molar-refractivity contribution is 0.102. The summed E-state index contributed by atoms with van der Waals surface area (Å²) in [7, 11) is 1.72. The molecule has 0 saturated heterocycles. The zero-order valence-corrected chi connectivity index (χ0v) is 12.8. The SMILES string of the molecule is C[C@H]1C[C@H]1c1cc(NC(=O)c2c[nH]c3c(cnn3C)c2=O)n[nH]1. The van der Waals surface area contributed by atoms with Gasteiger partial charge in [0.25, 0.3) is 5.91 Å². The van der Waals surface area contributed by atoms with Gasteiger partial charge >= 0.3 is 0 Å². The largest absolute Gasteiger partial charge is 0.345 e. The number of fused-ring (bicyclic) bond motifs is 1. The summed E-state index contributed by atoms with van der Waals surface area (Å²) in [5, 5.41) is 14.1. The van der Waals surface area contributed by atoms with Crippen LogP contribution in [0.2, 0.25) is 0 Å². The molecule has 0 unspecified atom stereocenters. The zero-order valence-electron chi connectivity index (χ0n) is 12.8. The number of carbonyl (C=O) groups excluding carboxylic acids is 1. The van der Waals surface area contributed by atoms with Gasteiger partial charge in [0.15, 0.2) is 5.82 Å². The van der Waals surface area contributed by atoms with Gasteiger partial charge in [-0.15, -0.1) is 0 Å². The fourth-order valence-electron chi connectivity index (χ4n) is 2.82. The van der Waals surface area contributed by atoms with Crippen molar-refractivity contribution in [3.05, 3.63) is 39.9 Å². The molecule has 4 rings (SSSR count). The highest BCUT2D eigenvalue weighted by molar-refractivity contribution is 6.05. The van der Waals surface area contributed by atoms with Gasteiger partial charge in [-0.05, 0) is 12.3 Å². The van der Waals surface area contributed by atoms with Gasteiger partial charge in [-0.2, -0.15) is 10.2 Å². The summed E-state index contributed by atoms with van der Waals surface area (Å²) in [6.07, 6.45) is 3.98. The van der Waals surface area contributed by atoms with Crippen molar-refractivity contribution in [3.8, 4) is 0 Å². The molecule has 0 bridgehead atoms. The summed E-state index contributed by atoms with van der Waals surface area (Å²) in [6.45, 7) is 2.17. The number of aromatic nitrogens is 5. The van der Waals surface area contributed by atoms with Crippen LogP contribution in [-0.2, 0) is 7.05 Å². The first-order chi connectivity index (χ1) is 11.0. The highest BCUT2D eigenvalue weighted by atomic mass is 16.2. The van der Waals surface area contributed by atoms with E-state index in [4.69, 9.17) is 0 Å². The number of carbonyl (C=O) groups is 1. The number of aryl methyl sites for hydroxylation is 1. The molecular formula is C15H16N6O2. The van der Waals surface area contributed by atoms with Crippen molar-refractivity contribution in [1.29, 1.82) is 0 Å². The number of H-pyrrole nitrogens is 2. The van der Waals surface area contributed by atoms with E-state index in [1.807, 2.05) is 6.07 Å². The van der Waals surface area contributed by atoms with Crippen molar-refractivity contribution in [1.82, 2.24) is 25.0 Å². The molecule has 3 heterocycles. The van der Waals surface area contributed by atoms with E-state index < -0.39 is 5.91 Å². The Morgan fingerprint density at radius 1 is 1.48 bits per heavy atom. The summed E-state index contributed by atoms with van der Waals surface area (Å²) < 4.78 is 1.55. The van der Waals surface area contributed by atoms with Gasteiger partial charge in [-0.3, -0.25) is 19.4 Å². The van der Waals surface area contributed by atoms with Crippen LogP contribution < -0.4 is 10.7 Å². The summed E-state index contributed by atoms with van der Waals surface area (Å²) in [4.78, 5) is 27.6. The molecule has 1 fully saturated rings. The van der Waals surface area contributed by atoms with Crippen LogP contribution in [-0.4, -0.2) is 30.9 Å². The maximum atomic E-state index is 12.4. The maximum Gasteiger partial charge on any atom is 0.262 e. The van der Waals surface area contributed by atoms with E-state index in [9.17, 15) is 9.59 Å². The molecule has 3 aromatic rings. The second kappa shape index (κ2) is 4.80. The number of hydrogen-bond acceptors (Lipinski definition) is 4. The van der Waals surface area contributed by atoms with Crippen LogP contribution in [0.25, 0.3) is 11.0 Å². The van der Waals surface area contributed by atoms with Crippen molar-refractivity contribution in [2.24, 2.45) is 13.0 Å². The van der Waals surface area contributed by atoms with Gasteiger partial charge in [0.1, 0.15) is 11.2 Å². The Balaban J connectivity index is 1.60. The van der Waals surface area contributed by atoms with E-state index in [1.165, 1.54) is 12.4 Å². The highest BCUT2D eigenvalue weighted by Gasteiger charge is 2.35. The van der Waals surface area contributed by atoms with E-state index in [2.05, 4.69) is 32.5 Å². The standard InChI is InChI=1S/C15H16N6O2/c1-7-3-8(7)11-4-12(20-19-11)18-15(23)10-5-16-14-9(13(10)22)6-17-21(14)2/h4-8H,3H2,1-2H3,(H,16,22)(H2,18,19,20,23)/t7-,8+/m0/s1. The quantitative estimate of drug-likeness (QED) is 0.678. The molecule has 1 aliphatic rings. The van der Waals surface area contributed by atoms with Crippen molar-refractivity contribution >= 4 is 22.8 Å². The molecule has 1 amide bonds. The van der Waals surface area contributed by atoms with Gasteiger partial charge in [0.2, 0.25) is 5.43 Å². The normalized spacial score (nSPS) is 19.9. The molecule has 23 heavy (non-hydrogen) atoms. The molecule has 8 heteroatoms. The van der Waals surface area contributed by atoms with Crippen LogP contribution in [0.4, 0.5) is 5.82 Å². The summed E-state index contributed by atoms with van der Waals surface area (Å²) in [5.41, 5.74) is 1.28. The van der Waals surface area contributed by atoms with Crippen molar-refractivity contribution in [3.63, 3.8) is 0 Å². The lowest BCUT2D eigenvalue weighted by Crippen LogP contribution is -2.22. The van der Waals surface area contributed by atoms with E-state index >= 15 is 0 Å². The third-order valence-electron chi connectivity index (χ3n) is 4.37. The number of nitrogens with zero attached hydrogens (tertiary/aromatic N) is 3. The number of nitrogens with one attached hydrogen (secondary N) is 3. The first-order valence-corrected chi connectivity index (χ1v) is 7.44. The van der Waals surface area contributed by atoms with E-state index in [-0.39, 0.29) is 11.0 Å². The average molecular weight is 312 g/mol. The van der Waals surface area contributed by atoms with Crippen molar-refractivity contribution < 1.29 is 4.79 Å². The van der Waals surface area contributed by atoms with Crippen LogP contribution in [0, 0.1) is 5.92 Å². The molecule has 118 valence electrons. The Morgan fingerprint density at radius 3 is 3.00 bits per heavy atom. The van der Waals surface area contributed by atoms with Gasteiger partial charge < -0.3 is 10.3 Å². The summed E-state index contributed by atoms with van der Waals surface area (Å²) in [5.74, 6) is 1.08. The second-order valence-corrected chi connectivity index (χ2v) is 6.04. The molecule has 3 N–H and O–H groups in total. The minimum absolute atomic E-state index is 0.0369. The van der Waals surface area contributed by atoms with Crippen LogP contribution >= 0.6 is 0 Å². The van der Waals surface area contributed by atoms with Gasteiger partial charge in [-0.25, -0.2) is 0 Å². The second-order valence-electron chi connectivity index (χ2n) is 6.04. The van der Waals surface area contributed by atoms with Crippen molar-refractivity contribution in [2.45, 2.75) is 19.3 Å². The molecule has 3 aromatic heterocycles. The van der Waals surface area contributed by atoms with E-state index in [0.717, 1.165) is 12.1 Å². The monoisotopic (exact) mass is 312 g/mol. The maximum absolute atomic E-state index is 12.4. The molecule has 2 atom stereocenters. The minimum Gasteiger partial charge on any atom is -0.345 e. The van der Waals surface area contributed by atoms with Crippen LogP contribution in [0.15, 0.2) is 23.3 Å². The smallest absolute Gasteiger partial charge is 0.262 e.